The second-order valence-electron chi connectivity index (χ2n) is 3.47. The van der Waals surface area contributed by atoms with Crippen LogP contribution < -0.4 is 5.73 Å². The Labute approximate surface area is 85.6 Å². The Morgan fingerprint density at radius 1 is 1.54 bits per heavy atom. The average Bonchev–Trinajstić information content (AvgIpc) is 2.48. The molecule has 1 aliphatic heterocycles. The maximum absolute atomic E-state index is 5.53. The Balaban J connectivity index is 2.11. The fourth-order valence-electron chi connectivity index (χ4n) is 1.84. The quantitative estimate of drug-likeness (QED) is 0.843. The zero-order valence-electron chi connectivity index (χ0n) is 7.41. The molecule has 1 aliphatic rings. The summed E-state index contributed by atoms with van der Waals surface area (Å²) in [7, 11) is 0. The lowest BCUT2D eigenvalue weighted by Gasteiger charge is -2.22. The lowest BCUT2D eigenvalue weighted by molar-refractivity contribution is 0.363. The first-order valence-electron chi connectivity index (χ1n) is 4.59. The van der Waals surface area contributed by atoms with Gasteiger partial charge < -0.3 is 10.3 Å². The largest absolute Gasteiger partial charge is 0.330 e. The number of aromatic nitrogens is 3. The van der Waals surface area contributed by atoms with Crippen LogP contribution in [0.25, 0.3) is 0 Å². The highest BCUT2D eigenvalue weighted by Crippen LogP contribution is 2.23. The molecule has 72 valence electrons. The lowest BCUT2D eigenvalue weighted by atomic mass is 9.94. The van der Waals surface area contributed by atoms with E-state index in [2.05, 4.69) is 30.7 Å². The van der Waals surface area contributed by atoms with Crippen molar-refractivity contribution in [2.45, 2.75) is 25.8 Å². The Morgan fingerprint density at radius 3 is 3.15 bits per heavy atom. The molecule has 0 radical (unpaired) electrons. The standard InChI is InChI=1S/C8H13BrN4/c9-8-12-11-7-5-6(1-3-10)2-4-13(7)8/h6H,1-5,10H2. The van der Waals surface area contributed by atoms with Gasteiger partial charge >= 0.3 is 0 Å². The molecule has 0 saturated carbocycles. The van der Waals surface area contributed by atoms with E-state index >= 15 is 0 Å². The van der Waals surface area contributed by atoms with Gasteiger partial charge in [-0.25, -0.2) is 0 Å². The number of fused-ring (bicyclic) bond motifs is 1. The molecule has 1 aromatic rings. The summed E-state index contributed by atoms with van der Waals surface area (Å²) >= 11 is 3.38. The number of hydrogen-bond acceptors (Lipinski definition) is 3. The molecule has 1 unspecified atom stereocenters. The minimum atomic E-state index is 0.702. The van der Waals surface area contributed by atoms with Crippen LogP contribution in [-0.4, -0.2) is 21.3 Å². The summed E-state index contributed by atoms with van der Waals surface area (Å²) in [6.45, 7) is 1.80. The van der Waals surface area contributed by atoms with Crippen molar-refractivity contribution in [3.8, 4) is 0 Å². The van der Waals surface area contributed by atoms with E-state index in [9.17, 15) is 0 Å². The van der Waals surface area contributed by atoms with Gasteiger partial charge in [0.05, 0.1) is 0 Å². The molecule has 1 atom stereocenters. The fourth-order valence-corrected chi connectivity index (χ4v) is 2.30. The van der Waals surface area contributed by atoms with E-state index in [1.165, 1.54) is 6.42 Å². The highest BCUT2D eigenvalue weighted by atomic mass is 79.9. The van der Waals surface area contributed by atoms with Crippen molar-refractivity contribution in [2.75, 3.05) is 6.54 Å². The van der Waals surface area contributed by atoms with Crippen LogP contribution in [0.4, 0.5) is 0 Å². The number of nitrogens with zero attached hydrogens (tertiary/aromatic N) is 3. The Morgan fingerprint density at radius 2 is 2.38 bits per heavy atom. The second kappa shape index (κ2) is 3.75. The summed E-state index contributed by atoms with van der Waals surface area (Å²) in [5.41, 5.74) is 5.53. The molecule has 0 aliphatic carbocycles. The molecular weight excluding hydrogens is 232 g/mol. The van der Waals surface area contributed by atoms with Gasteiger partial charge in [-0.15, -0.1) is 10.2 Å². The molecule has 1 aromatic heterocycles. The van der Waals surface area contributed by atoms with E-state index in [0.717, 1.165) is 36.5 Å². The van der Waals surface area contributed by atoms with Gasteiger partial charge in [-0.1, -0.05) is 0 Å². The maximum Gasteiger partial charge on any atom is 0.200 e. The number of halogens is 1. The van der Waals surface area contributed by atoms with Gasteiger partial charge in [0.1, 0.15) is 5.82 Å². The molecule has 0 aromatic carbocycles. The summed E-state index contributed by atoms with van der Waals surface area (Å²) in [6.07, 6.45) is 3.32. The Hall–Kier alpha value is -0.420. The van der Waals surface area contributed by atoms with Crippen LogP contribution in [0.2, 0.25) is 0 Å². The average molecular weight is 245 g/mol. The van der Waals surface area contributed by atoms with E-state index in [4.69, 9.17) is 5.73 Å². The normalized spacial score (nSPS) is 21.5. The molecule has 0 spiro atoms. The number of nitrogens with two attached hydrogens (primary N) is 1. The summed E-state index contributed by atoms with van der Waals surface area (Å²) < 4.78 is 2.99. The van der Waals surface area contributed by atoms with Crippen molar-refractivity contribution in [3.63, 3.8) is 0 Å². The van der Waals surface area contributed by atoms with E-state index in [0.29, 0.717) is 5.92 Å². The fraction of sp³-hybridized carbons (Fsp3) is 0.750. The van der Waals surface area contributed by atoms with Gasteiger partial charge in [0.25, 0.3) is 0 Å². The molecule has 2 rings (SSSR count). The van der Waals surface area contributed by atoms with Crippen molar-refractivity contribution in [1.82, 2.24) is 14.8 Å². The van der Waals surface area contributed by atoms with Gasteiger partial charge in [-0.3, -0.25) is 0 Å². The van der Waals surface area contributed by atoms with Crippen molar-refractivity contribution in [3.05, 3.63) is 10.6 Å². The van der Waals surface area contributed by atoms with E-state index in [1.54, 1.807) is 0 Å². The molecule has 13 heavy (non-hydrogen) atoms. The third-order valence-corrected chi connectivity index (χ3v) is 3.18. The topological polar surface area (TPSA) is 56.7 Å². The second-order valence-corrected chi connectivity index (χ2v) is 4.18. The van der Waals surface area contributed by atoms with Crippen molar-refractivity contribution in [1.29, 1.82) is 0 Å². The van der Waals surface area contributed by atoms with E-state index < -0.39 is 0 Å². The van der Waals surface area contributed by atoms with Gasteiger partial charge in [0.15, 0.2) is 4.73 Å². The monoisotopic (exact) mass is 244 g/mol. The predicted octanol–water partition coefficient (Wildman–Crippen LogP) is 0.952. The van der Waals surface area contributed by atoms with Crippen molar-refractivity contribution >= 4 is 15.9 Å². The number of hydrogen-bond donors (Lipinski definition) is 1. The SMILES string of the molecule is NCCC1CCn2c(Br)nnc2C1. The summed E-state index contributed by atoms with van der Waals surface area (Å²) in [4.78, 5) is 0. The molecule has 0 saturated heterocycles. The van der Waals surface area contributed by atoms with Crippen LogP contribution >= 0.6 is 15.9 Å². The molecule has 0 bridgehead atoms. The van der Waals surface area contributed by atoms with Crippen LogP contribution in [0.5, 0.6) is 0 Å². The first kappa shape index (κ1) is 9.15. The van der Waals surface area contributed by atoms with Crippen molar-refractivity contribution < 1.29 is 0 Å². The summed E-state index contributed by atoms with van der Waals surface area (Å²) in [5.74, 6) is 1.80. The Bertz CT molecular complexity index is 296. The van der Waals surface area contributed by atoms with E-state index in [-0.39, 0.29) is 0 Å². The summed E-state index contributed by atoms with van der Waals surface area (Å²) in [5, 5.41) is 8.11. The van der Waals surface area contributed by atoms with Gasteiger partial charge in [-0.05, 0) is 41.2 Å². The highest BCUT2D eigenvalue weighted by Gasteiger charge is 2.21. The number of rotatable bonds is 2. The van der Waals surface area contributed by atoms with Gasteiger partial charge in [0, 0.05) is 13.0 Å². The molecular formula is C8H13BrN4. The van der Waals surface area contributed by atoms with Crippen LogP contribution in [-0.2, 0) is 13.0 Å². The van der Waals surface area contributed by atoms with Crippen LogP contribution in [0, 0.1) is 5.92 Å². The smallest absolute Gasteiger partial charge is 0.200 e. The molecule has 5 heteroatoms. The Kier molecular flexibility index (Phi) is 2.64. The highest BCUT2D eigenvalue weighted by molar-refractivity contribution is 9.10. The minimum Gasteiger partial charge on any atom is -0.330 e. The molecule has 0 amide bonds. The van der Waals surface area contributed by atoms with Crippen molar-refractivity contribution in [2.24, 2.45) is 11.7 Å². The third kappa shape index (κ3) is 1.76. The summed E-state index contributed by atoms with van der Waals surface area (Å²) in [6, 6.07) is 0. The third-order valence-electron chi connectivity index (χ3n) is 2.59. The molecule has 2 heterocycles. The van der Waals surface area contributed by atoms with Crippen LogP contribution in [0.15, 0.2) is 4.73 Å². The minimum absolute atomic E-state index is 0.702. The van der Waals surface area contributed by atoms with Gasteiger partial charge in [0.2, 0.25) is 0 Å². The first-order valence-corrected chi connectivity index (χ1v) is 5.38. The van der Waals surface area contributed by atoms with E-state index in [1.807, 2.05) is 0 Å². The molecule has 4 nitrogen and oxygen atoms in total. The van der Waals surface area contributed by atoms with Crippen LogP contribution in [0.1, 0.15) is 18.7 Å². The zero-order valence-corrected chi connectivity index (χ0v) is 9.00. The zero-order chi connectivity index (χ0) is 9.26. The first-order chi connectivity index (χ1) is 6.31. The molecule has 0 fully saturated rings. The van der Waals surface area contributed by atoms with Gasteiger partial charge in [-0.2, -0.15) is 0 Å². The molecule has 2 N–H and O–H groups in total. The predicted molar refractivity (Wildman–Crippen MR) is 53.2 cm³/mol. The lowest BCUT2D eigenvalue weighted by Crippen LogP contribution is -2.21. The maximum atomic E-state index is 5.53. The van der Waals surface area contributed by atoms with Crippen LogP contribution in [0.3, 0.4) is 0 Å².